The molecule has 1 aliphatic rings. The Morgan fingerprint density at radius 3 is 2.94 bits per heavy atom. The van der Waals surface area contributed by atoms with E-state index in [0.29, 0.717) is 11.7 Å². The van der Waals surface area contributed by atoms with Crippen LogP contribution in [0, 0.1) is 0 Å². The molecule has 6 nitrogen and oxygen atoms in total. The van der Waals surface area contributed by atoms with Crippen molar-refractivity contribution in [3.05, 3.63) is 18.1 Å². The molecule has 1 aromatic rings. The molecule has 92 valence electrons. The van der Waals surface area contributed by atoms with Crippen molar-refractivity contribution in [2.75, 3.05) is 25.1 Å². The molecule has 0 saturated carbocycles. The second kappa shape index (κ2) is 5.58. The van der Waals surface area contributed by atoms with E-state index >= 15 is 0 Å². The molecule has 1 fully saturated rings. The highest BCUT2D eigenvalue weighted by molar-refractivity contribution is 5.78. The van der Waals surface area contributed by atoms with Crippen molar-refractivity contribution >= 4 is 11.7 Å². The number of amides is 1. The minimum Gasteiger partial charge on any atom is -0.381 e. The van der Waals surface area contributed by atoms with Gasteiger partial charge in [-0.2, -0.15) is 0 Å². The van der Waals surface area contributed by atoms with E-state index in [0.717, 1.165) is 31.7 Å². The van der Waals surface area contributed by atoms with Gasteiger partial charge < -0.3 is 15.8 Å². The Bertz CT molecular complexity index is 391. The second-order valence-corrected chi connectivity index (χ2v) is 4.03. The third-order valence-electron chi connectivity index (χ3n) is 2.77. The van der Waals surface area contributed by atoms with Gasteiger partial charge in [0.05, 0.1) is 6.54 Å². The van der Waals surface area contributed by atoms with Gasteiger partial charge in [0.25, 0.3) is 0 Å². The summed E-state index contributed by atoms with van der Waals surface area (Å²) in [6.07, 6.45) is 3.46. The lowest BCUT2D eigenvalue weighted by molar-refractivity contribution is -0.116. The zero-order valence-electron chi connectivity index (χ0n) is 9.56. The van der Waals surface area contributed by atoms with Crippen LogP contribution in [0.3, 0.4) is 0 Å². The van der Waals surface area contributed by atoms with Crippen molar-refractivity contribution in [2.24, 2.45) is 5.73 Å². The molecule has 2 rings (SSSR count). The minimum atomic E-state index is -0.406. The number of aromatic nitrogens is 2. The number of nitrogens with zero attached hydrogens (tertiary/aromatic N) is 2. The van der Waals surface area contributed by atoms with Crippen molar-refractivity contribution in [3.63, 3.8) is 0 Å². The Kier molecular flexibility index (Phi) is 3.87. The summed E-state index contributed by atoms with van der Waals surface area (Å²) in [5, 5.41) is 2.87. The van der Waals surface area contributed by atoms with Crippen molar-refractivity contribution < 1.29 is 9.53 Å². The van der Waals surface area contributed by atoms with Crippen LogP contribution in [0.1, 0.15) is 24.5 Å². The summed E-state index contributed by atoms with van der Waals surface area (Å²) >= 11 is 0. The van der Waals surface area contributed by atoms with Gasteiger partial charge in [0.2, 0.25) is 5.91 Å². The SMILES string of the molecule is NC(=O)CNc1cc(C2CCOCC2)ncn1. The summed E-state index contributed by atoms with van der Waals surface area (Å²) in [5.41, 5.74) is 6.06. The Balaban J connectivity index is 2.02. The van der Waals surface area contributed by atoms with E-state index in [4.69, 9.17) is 10.5 Å². The molecule has 1 saturated heterocycles. The van der Waals surface area contributed by atoms with Gasteiger partial charge in [0, 0.05) is 30.9 Å². The Labute approximate surface area is 99.6 Å². The summed E-state index contributed by atoms with van der Waals surface area (Å²) in [6, 6.07) is 1.87. The van der Waals surface area contributed by atoms with Crippen LogP contribution in [-0.4, -0.2) is 35.6 Å². The maximum absolute atomic E-state index is 10.7. The molecule has 0 aromatic carbocycles. The van der Waals surface area contributed by atoms with Crippen molar-refractivity contribution in [1.29, 1.82) is 0 Å². The third-order valence-corrected chi connectivity index (χ3v) is 2.77. The van der Waals surface area contributed by atoms with Gasteiger partial charge in [0.1, 0.15) is 12.1 Å². The second-order valence-electron chi connectivity index (χ2n) is 4.03. The largest absolute Gasteiger partial charge is 0.381 e. The molecule has 0 unspecified atom stereocenters. The van der Waals surface area contributed by atoms with E-state index in [9.17, 15) is 4.79 Å². The predicted octanol–water partition coefficient (Wildman–Crippen LogP) is 0.268. The van der Waals surface area contributed by atoms with E-state index in [-0.39, 0.29) is 6.54 Å². The van der Waals surface area contributed by atoms with Gasteiger partial charge >= 0.3 is 0 Å². The molecule has 2 heterocycles. The fourth-order valence-electron chi connectivity index (χ4n) is 1.86. The van der Waals surface area contributed by atoms with Gasteiger partial charge in [-0.25, -0.2) is 9.97 Å². The average molecular weight is 236 g/mol. The third kappa shape index (κ3) is 3.39. The zero-order chi connectivity index (χ0) is 12.1. The topological polar surface area (TPSA) is 90.1 Å². The summed E-state index contributed by atoms with van der Waals surface area (Å²) < 4.78 is 5.31. The number of hydrogen-bond acceptors (Lipinski definition) is 5. The van der Waals surface area contributed by atoms with Crippen LogP contribution < -0.4 is 11.1 Å². The predicted molar refractivity (Wildman–Crippen MR) is 62.5 cm³/mol. The molecule has 3 N–H and O–H groups in total. The molecular weight excluding hydrogens is 220 g/mol. The first-order chi connectivity index (χ1) is 8.25. The van der Waals surface area contributed by atoms with Crippen LogP contribution in [0.2, 0.25) is 0 Å². The maximum atomic E-state index is 10.7. The van der Waals surface area contributed by atoms with Crippen LogP contribution in [0.4, 0.5) is 5.82 Å². The molecule has 6 heteroatoms. The highest BCUT2D eigenvalue weighted by Crippen LogP contribution is 2.25. The fourth-order valence-corrected chi connectivity index (χ4v) is 1.86. The van der Waals surface area contributed by atoms with Gasteiger partial charge in [-0.1, -0.05) is 0 Å². The molecule has 1 aliphatic heterocycles. The monoisotopic (exact) mass is 236 g/mol. The van der Waals surface area contributed by atoms with E-state index in [2.05, 4.69) is 15.3 Å². The van der Waals surface area contributed by atoms with Crippen molar-refractivity contribution in [3.8, 4) is 0 Å². The molecular formula is C11H16N4O2. The van der Waals surface area contributed by atoms with Crippen molar-refractivity contribution in [2.45, 2.75) is 18.8 Å². The van der Waals surface area contributed by atoms with E-state index in [1.54, 1.807) is 0 Å². The lowest BCUT2D eigenvalue weighted by Crippen LogP contribution is -2.22. The molecule has 0 aliphatic carbocycles. The van der Waals surface area contributed by atoms with Crippen LogP contribution in [-0.2, 0) is 9.53 Å². The first-order valence-corrected chi connectivity index (χ1v) is 5.67. The van der Waals surface area contributed by atoms with Crippen LogP contribution >= 0.6 is 0 Å². The zero-order valence-corrected chi connectivity index (χ0v) is 9.56. The Hall–Kier alpha value is -1.69. The van der Waals surface area contributed by atoms with Gasteiger partial charge in [-0.15, -0.1) is 0 Å². The van der Waals surface area contributed by atoms with Crippen LogP contribution in [0.25, 0.3) is 0 Å². The molecule has 0 spiro atoms. The summed E-state index contributed by atoms with van der Waals surface area (Å²) in [6.45, 7) is 1.64. The number of carbonyl (C=O) groups is 1. The van der Waals surface area contributed by atoms with E-state index in [1.165, 1.54) is 6.33 Å². The van der Waals surface area contributed by atoms with Crippen LogP contribution in [0.15, 0.2) is 12.4 Å². The number of anilines is 1. The number of nitrogens with one attached hydrogen (secondary N) is 1. The smallest absolute Gasteiger partial charge is 0.236 e. The van der Waals surface area contributed by atoms with Gasteiger partial charge in [-0.3, -0.25) is 4.79 Å². The summed E-state index contributed by atoms with van der Waals surface area (Å²) in [4.78, 5) is 19.0. The molecule has 0 atom stereocenters. The normalized spacial score (nSPS) is 16.7. The lowest BCUT2D eigenvalue weighted by Gasteiger charge is -2.21. The average Bonchev–Trinajstić information content (AvgIpc) is 2.38. The molecule has 1 amide bonds. The summed E-state index contributed by atoms with van der Waals surface area (Å²) in [5.74, 6) is 0.650. The molecule has 0 radical (unpaired) electrons. The molecule has 17 heavy (non-hydrogen) atoms. The number of hydrogen-bond donors (Lipinski definition) is 2. The maximum Gasteiger partial charge on any atom is 0.236 e. The first kappa shape index (κ1) is 11.8. The molecule has 0 bridgehead atoms. The van der Waals surface area contributed by atoms with Gasteiger partial charge in [-0.05, 0) is 12.8 Å². The number of rotatable bonds is 4. The van der Waals surface area contributed by atoms with E-state index < -0.39 is 5.91 Å². The fraction of sp³-hybridized carbons (Fsp3) is 0.545. The highest BCUT2D eigenvalue weighted by atomic mass is 16.5. The van der Waals surface area contributed by atoms with Crippen molar-refractivity contribution in [1.82, 2.24) is 9.97 Å². The first-order valence-electron chi connectivity index (χ1n) is 5.67. The van der Waals surface area contributed by atoms with Crippen LogP contribution in [0.5, 0.6) is 0 Å². The Morgan fingerprint density at radius 2 is 2.24 bits per heavy atom. The Morgan fingerprint density at radius 1 is 1.47 bits per heavy atom. The lowest BCUT2D eigenvalue weighted by atomic mass is 9.96. The standard InChI is InChI=1S/C11H16N4O2/c12-10(16)6-13-11-5-9(14-7-15-11)8-1-3-17-4-2-8/h5,7-8H,1-4,6H2,(H2,12,16)(H,13,14,15). The number of nitrogens with two attached hydrogens (primary N) is 1. The van der Waals surface area contributed by atoms with Gasteiger partial charge in [0.15, 0.2) is 0 Å². The number of ether oxygens (including phenoxy) is 1. The molecule has 1 aromatic heterocycles. The summed E-state index contributed by atoms with van der Waals surface area (Å²) in [7, 11) is 0. The highest BCUT2D eigenvalue weighted by Gasteiger charge is 2.17. The quantitative estimate of drug-likeness (QED) is 0.783. The van der Waals surface area contributed by atoms with E-state index in [1.807, 2.05) is 6.07 Å². The number of carbonyl (C=O) groups excluding carboxylic acids is 1. The minimum absolute atomic E-state index is 0.0875. The number of primary amides is 1.